The SMILES string of the molecule is C[C@@H](NC(=S)Nc1ccc(F)c(Cl)c1)[C@H]1CCCO1. The lowest BCUT2D eigenvalue weighted by Gasteiger charge is -2.22. The van der Waals surface area contributed by atoms with Crippen molar-refractivity contribution in [1.82, 2.24) is 5.32 Å². The van der Waals surface area contributed by atoms with Crippen molar-refractivity contribution >= 4 is 34.6 Å². The second-order valence-electron chi connectivity index (χ2n) is 4.57. The minimum absolute atomic E-state index is 0.0694. The predicted octanol–water partition coefficient (Wildman–Crippen LogP) is 3.33. The van der Waals surface area contributed by atoms with Crippen LogP contribution in [0.4, 0.5) is 10.1 Å². The van der Waals surface area contributed by atoms with E-state index in [1.807, 2.05) is 6.92 Å². The molecule has 0 aliphatic carbocycles. The molecule has 2 rings (SSSR count). The summed E-state index contributed by atoms with van der Waals surface area (Å²) in [7, 11) is 0. The van der Waals surface area contributed by atoms with Gasteiger partial charge in [0.2, 0.25) is 0 Å². The van der Waals surface area contributed by atoms with Crippen LogP contribution in [0.25, 0.3) is 0 Å². The van der Waals surface area contributed by atoms with Gasteiger partial charge in [0.25, 0.3) is 0 Å². The summed E-state index contributed by atoms with van der Waals surface area (Å²) in [5, 5.41) is 6.69. The van der Waals surface area contributed by atoms with Crippen LogP contribution < -0.4 is 10.6 Å². The maximum atomic E-state index is 13.0. The number of thiocarbonyl (C=S) groups is 1. The van der Waals surface area contributed by atoms with Crippen molar-refractivity contribution in [3.8, 4) is 0 Å². The first-order valence-corrected chi connectivity index (χ1v) is 6.99. The van der Waals surface area contributed by atoms with Crippen LogP contribution in [-0.4, -0.2) is 23.9 Å². The fourth-order valence-corrected chi connectivity index (χ4v) is 2.52. The second kappa shape index (κ2) is 6.50. The zero-order valence-electron chi connectivity index (χ0n) is 10.6. The fourth-order valence-electron chi connectivity index (χ4n) is 2.04. The van der Waals surface area contributed by atoms with Crippen molar-refractivity contribution in [3.05, 3.63) is 29.0 Å². The molecule has 0 spiro atoms. The van der Waals surface area contributed by atoms with Gasteiger partial charge in [0, 0.05) is 12.3 Å². The van der Waals surface area contributed by atoms with Gasteiger partial charge in [-0.3, -0.25) is 0 Å². The van der Waals surface area contributed by atoms with Gasteiger partial charge in [-0.2, -0.15) is 0 Å². The molecule has 6 heteroatoms. The van der Waals surface area contributed by atoms with Gasteiger partial charge >= 0.3 is 0 Å². The van der Waals surface area contributed by atoms with Crippen LogP contribution in [-0.2, 0) is 4.74 Å². The monoisotopic (exact) mass is 302 g/mol. The first-order valence-electron chi connectivity index (χ1n) is 6.20. The van der Waals surface area contributed by atoms with E-state index in [1.165, 1.54) is 12.1 Å². The van der Waals surface area contributed by atoms with Gasteiger partial charge in [-0.15, -0.1) is 0 Å². The largest absolute Gasteiger partial charge is 0.376 e. The summed E-state index contributed by atoms with van der Waals surface area (Å²) in [5.41, 5.74) is 0.656. The maximum absolute atomic E-state index is 13.0. The number of halogens is 2. The predicted molar refractivity (Wildman–Crippen MR) is 79.2 cm³/mol. The number of ether oxygens (including phenoxy) is 1. The van der Waals surface area contributed by atoms with Crippen molar-refractivity contribution < 1.29 is 9.13 Å². The third kappa shape index (κ3) is 4.03. The lowest BCUT2D eigenvalue weighted by molar-refractivity contribution is 0.0895. The van der Waals surface area contributed by atoms with Crippen LogP contribution in [0.5, 0.6) is 0 Å². The minimum atomic E-state index is -0.446. The number of hydrogen-bond acceptors (Lipinski definition) is 2. The molecule has 19 heavy (non-hydrogen) atoms. The van der Waals surface area contributed by atoms with Crippen LogP contribution in [0.3, 0.4) is 0 Å². The molecule has 1 aliphatic heterocycles. The van der Waals surface area contributed by atoms with Gasteiger partial charge in [0.15, 0.2) is 5.11 Å². The molecule has 1 aromatic rings. The lowest BCUT2D eigenvalue weighted by atomic mass is 10.1. The van der Waals surface area contributed by atoms with Gasteiger partial charge in [-0.05, 0) is 50.2 Å². The molecule has 2 atom stereocenters. The smallest absolute Gasteiger partial charge is 0.171 e. The molecule has 0 saturated carbocycles. The zero-order chi connectivity index (χ0) is 13.8. The lowest BCUT2D eigenvalue weighted by Crippen LogP contribution is -2.42. The molecule has 0 amide bonds. The summed E-state index contributed by atoms with van der Waals surface area (Å²) < 4.78 is 18.6. The van der Waals surface area contributed by atoms with Crippen LogP contribution in [0, 0.1) is 5.82 Å². The van der Waals surface area contributed by atoms with E-state index in [0.29, 0.717) is 10.8 Å². The Bertz CT molecular complexity index is 466. The maximum Gasteiger partial charge on any atom is 0.171 e. The van der Waals surface area contributed by atoms with Gasteiger partial charge in [0.05, 0.1) is 17.2 Å². The number of hydrogen-bond donors (Lipinski definition) is 2. The summed E-state index contributed by atoms with van der Waals surface area (Å²) in [5.74, 6) is -0.446. The van der Waals surface area contributed by atoms with Crippen molar-refractivity contribution in [1.29, 1.82) is 0 Å². The molecular formula is C13H16ClFN2OS. The first-order chi connectivity index (χ1) is 9.06. The topological polar surface area (TPSA) is 33.3 Å². The Morgan fingerprint density at radius 1 is 1.58 bits per heavy atom. The van der Waals surface area contributed by atoms with E-state index in [4.69, 9.17) is 28.6 Å². The highest BCUT2D eigenvalue weighted by Crippen LogP contribution is 2.19. The fraction of sp³-hybridized carbons (Fsp3) is 0.462. The Kier molecular flexibility index (Phi) is 4.96. The van der Waals surface area contributed by atoms with Crippen LogP contribution in [0.15, 0.2) is 18.2 Å². The molecule has 1 aromatic carbocycles. The van der Waals surface area contributed by atoms with E-state index in [-0.39, 0.29) is 17.2 Å². The summed E-state index contributed by atoms with van der Waals surface area (Å²) in [6.07, 6.45) is 2.32. The Morgan fingerprint density at radius 3 is 3.00 bits per heavy atom. The number of benzene rings is 1. The first kappa shape index (κ1) is 14.5. The molecule has 3 nitrogen and oxygen atoms in total. The third-order valence-corrected chi connectivity index (χ3v) is 3.57. The molecule has 1 heterocycles. The standard InChI is InChI=1S/C13H16ClFN2OS/c1-8(12-3-2-6-18-12)16-13(19)17-9-4-5-11(15)10(14)7-9/h4-5,7-8,12H,2-3,6H2,1H3,(H2,16,17,19)/t8-,12-/m1/s1. The second-order valence-corrected chi connectivity index (χ2v) is 5.38. The van der Waals surface area contributed by atoms with Crippen molar-refractivity contribution in [2.75, 3.05) is 11.9 Å². The Labute approximate surface area is 122 Å². The van der Waals surface area contributed by atoms with Crippen LogP contribution >= 0.6 is 23.8 Å². The number of anilines is 1. The van der Waals surface area contributed by atoms with Crippen molar-refractivity contribution in [2.45, 2.75) is 31.9 Å². The number of rotatable bonds is 3. The quantitative estimate of drug-likeness (QED) is 0.839. The minimum Gasteiger partial charge on any atom is -0.376 e. The van der Waals surface area contributed by atoms with E-state index in [9.17, 15) is 4.39 Å². The molecule has 0 bridgehead atoms. The average molecular weight is 303 g/mol. The molecule has 0 aromatic heterocycles. The molecule has 0 unspecified atom stereocenters. The van der Waals surface area contributed by atoms with Crippen molar-refractivity contribution in [3.63, 3.8) is 0 Å². The van der Waals surface area contributed by atoms with E-state index in [1.54, 1.807) is 6.07 Å². The average Bonchev–Trinajstić information content (AvgIpc) is 2.87. The summed E-state index contributed by atoms with van der Waals surface area (Å²) in [6.45, 7) is 2.84. The zero-order valence-corrected chi connectivity index (χ0v) is 12.2. The van der Waals surface area contributed by atoms with Gasteiger partial charge in [-0.25, -0.2) is 4.39 Å². The summed E-state index contributed by atoms with van der Waals surface area (Å²) in [6, 6.07) is 4.53. The molecule has 0 radical (unpaired) electrons. The van der Waals surface area contributed by atoms with Gasteiger partial charge < -0.3 is 15.4 Å². The summed E-state index contributed by atoms with van der Waals surface area (Å²) >= 11 is 10.9. The van der Waals surface area contributed by atoms with E-state index in [2.05, 4.69) is 10.6 Å². The number of nitrogens with one attached hydrogen (secondary N) is 2. The highest BCUT2D eigenvalue weighted by molar-refractivity contribution is 7.80. The Hall–Kier alpha value is -0.910. The van der Waals surface area contributed by atoms with Crippen molar-refractivity contribution in [2.24, 2.45) is 0 Å². The normalized spacial score (nSPS) is 20.1. The molecule has 1 saturated heterocycles. The molecule has 104 valence electrons. The highest BCUT2D eigenvalue weighted by Gasteiger charge is 2.22. The van der Waals surface area contributed by atoms with E-state index in [0.717, 1.165) is 19.4 Å². The van der Waals surface area contributed by atoms with E-state index < -0.39 is 5.82 Å². The van der Waals surface area contributed by atoms with Crippen LogP contribution in [0.2, 0.25) is 5.02 Å². The molecule has 1 aliphatic rings. The summed E-state index contributed by atoms with van der Waals surface area (Å²) in [4.78, 5) is 0. The third-order valence-electron chi connectivity index (χ3n) is 3.06. The molecule has 2 N–H and O–H groups in total. The Morgan fingerprint density at radius 2 is 2.37 bits per heavy atom. The van der Waals surface area contributed by atoms with E-state index >= 15 is 0 Å². The Balaban J connectivity index is 1.88. The molecule has 1 fully saturated rings. The van der Waals surface area contributed by atoms with Gasteiger partial charge in [-0.1, -0.05) is 11.6 Å². The van der Waals surface area contributed by atoms with Gasteiger partial charge in [0.1, 0.15) is 5.82 Å². The highest BCUT2D eigenvalue weighted by atomic mass is 35.5. The molecular weight excluding hydrogens is 287 g/mol. The van der Waals surface area contributed by atoms with Crippen LogP contribution in [0.1, 0.15) is 19.8 Å².